The Bertz CT molecular complexity index is 730. The van der Waals surface area contributed by atoms with Gasteiger partial charge in [0.25, 0.3) is 0 Å². The fourth-order valence-electron chi connectivity index (χ4n) is 4.46. The Morgan fingerprint density at radius 1 is 1.14 bits per heavy atom. The molecule has 0 bridgehead atoms. The number of benzene rings is 1. The van der Waals surface area contributed by atoms with Gasteiger partial charge in [-0.05, 0) is 44.6 Å². The molecule has 1 aromatic rings. The zero-order chi connectivity index (χ0) is 20.9. The molecule has 7 heteroatoms. The van der Waals surface area contributed by atoms with Crippen LogP contribution in [0.5, 0.6) is 0 Å². The van der Waals surface area contributed by atoms with Crippen LogP contribution in [0.1, 0.15) is 44.6 Å². The van der Waals surface area contributed by atoms with Crippen LogP contribution in [0, 0.1) is 5.92 Å². The van der Waals surface area contributed by atoms with Crippen LogP contribution in [0.2, 0.25) is 0 Å². The maximum Gasteiger partial charge on any atom is 0.318 e. The number of carbonyl (C=O) groups is 3. The first kappa shape index (κ1) is 21.1. The summed E-state index contributed by atoms with van der Waals surface area (Å²) in [6.07, 6.45) is 3.49. The predicted octanol–water partition coefficient (Wildman–Crippen LogP) is 2.63. The predicted molar refractivity (Wildman–Crippen MR) is 107 cm³/mol. The molecule has 3 rings (SSSR count). The highest BCUT2D eigenvalue weighted by molar-refractivity contribution is 5.86. The van der Waals surface area contributed by atoms with E-state index in [0.717, 1.165) is 31.2 Å². The lowest BCUT2D eigenvalue weighted by Crippen LogP contribution is -2.48. The van der Waals surface area contributed by atoms with Crippen LogP contribution < -0.4 is 5.32 Å². The number of carbonyl (C=O) groups excluding carboxylic acids is 3. The van der Waals surface area contributed by atoms with E-state index in [-0.39, 0.29) is 29.9 Å². The van der Waals surface area contributed by atoms with E-state index < -0.39 is 5.41 Å². The number of rotatable bonds is 5. The lowest BCUT2D eigenvalue weighted by atomic mass is 9.80. The number of likely N-dealkylation sites (tertiary alicyclic amines) is 1. The fourth-order valence-corrected chi connectivity index (χ4v) is 4.46. The number of hydrogen-bond acceptors (Lipinski definition) is 5. The third-order valence-electron chi connectivity index (χ3n) is 6.13. The Labute approximate surface area is 171 Å². The Morgan fingerprint density at radius 3 is 2.45 bits per heavy atom. The molecule has 1 heterocycles. The summed E-state index contributed by atoms with van der Waals surface area (Å²) in [5, 5.41) is 3.08. The average Bonchev–Trinajstić information content (AvgIpc) is 3.21. The molecule has 0 radical (unpaired) electrons. The second-order valence-electron chi connectivity index (χ2n) is 7.86. The van der Waals surface area contributed by atoms with Gasteiger partial charge in [-0.2, -0.15) is 0 Å². The van der Waals surface area contributed by atoms with E-state index in [1.54, 1.807) is 4.90 Å². The maximum absolute atomic E-state index is 12.8. The number of amides is 2. The van der Waals surface area contributed by atoms with Crippen LogP contribution in [0.15, 0.2) is 30.3 Å². The van der Waals surface area contributed by atoms with Crippen molar-refractivity contribution in [3.8, 4) is 0 Å². The number of urea groups is 1. The van der Waals surface area contributed by atoms with E-state index in [4.69, 9.17) is 9.47 Å². The van der Waals surface area contributed by atoms with Gasteiger partial charge in [0.2, 0.25) is 0 Å². The van der Waals surface area contributed by atoms with Gasteiger partial charge in [0.05, 0.1) is 19.6 Å². The summed E-state index contributed by atoms with van der Waals surface area (Å²) in [5.41, 5.74) is 0.0478. The Balaban J connectivity index is 1.59. The topological polar surface area (TPSA) is 84.9 Å². The molecule has 2 amide bonds. The van der Waals surface area contributed by atoms with E-state index >= 15 is 0 Å². The van der Waals surface area contributed by atoms with Crippen molar-refractivity contribution in [3.05, 3.63) is 35.9 Å². The SMILES string of the molecule is CCOC(=O)C1CCC(NC(=O)N2CCC(C(=O)OC)(c3ccccc3)C2)CC1. The molecule has 1 aliphatic carbocycles. The monoisotopic (exact) mass is 402 g/mol. The number of nitrogens with one attached hydrogen (secondary N) is 1. The van der Waals surface area contributed by atoms with Gasteiger partial charge in [-0.15, -0.1) is 0 Å². The molecule has 1 atom stereocenters. The van der Waals surface area contributed by atoms with Crippen molar-refractivity contribution < 1.29 is 23.9 Å². The third kappa shape index (κ3) is 4.54. The molecule has 1 saturated carbocycles. The van der Waals surface area contributed by atoms with Crippen molar-refractivity contribution in [1.29, 1.82) is 0 Å². The van der Waals surface area contributed by atoms with Gasteiger partial charge in [0.1, 0.15) is 5.41 Å². The highest BCUT2D eigenvalue weighted by Gasteiger charge is 2.48. The molecule has 1 aromatic carbocycles. The minimum atomic E-state index is -0.824. The van der Waals surface area contributed by atoms with Crippen LogP contribution >= 0.6 is 0 Å². The van der Waals surface area contributed by atoms with Crippen LogP contribution in [0.4, 0.5) is 4.79 Å². The van der Waals surface area contributed by atoms with E-state index in [0.29, 0.717) is 26.1 Å². The molecule has 0 aromatic heterocycles. The molecule has 29 heavy (non-hydrogen) atoms. The summed E-state index contributed by atoms with van der Waals surface area (Å²) in [7, 11) is 1.39. The van der Waals surface area contributed by atoms with Gasteiger partial charge < -0.3 is 19.7 Å². The number of nitrogens with zero attached hydrogens (tertiary/aromatic N) is 1. The van der Waals surface area contributed by atoms with Crippen molar-refractivity contribution in [2.45, 2.75) is 50.5 Å². The molecule has 1 unspecified atom stereocenters. The second kappa shape index (κ2) is 9.29. The van der Waals surface area contributed by atoms with Gasteiger partial charge in [0, 0.05) is 19.1 Å². The lowest BCUT2D eigenvalue weighted by Gasteiger charge is -2.30. The first-order valence-electron chi connectivity index (χ1n) is 10.4. The van der Waals surface area contributed by atoms with Crippen molar-refractivity contribution in [3.63, 3.8) is 0 Å². The zero-order valence-electron chi connectivity index (χ0n) is 17.2. The normalized spacial score (nSPS) is 26.6. The smallest absolute Gasteiger partial charge is 0.318 e. The highest BCUT2D eigenvalue weighted by Crippen LogP contribution is 2.36. The van der Waals surface area contributed by atoms with Gasteiger partial charge in [-0.1, -0.05) is 30.3 Å². The van der Waals surface area contributed by atoms with E-state index in [1.807, 2.05) is 37.3 Å². The van der Waals surface area contributed by atoms with Crippen LogP contribution in [0.3, 0.4) is 0 Å². The Morgan fingerprint density at radius 2 is 1.83 bits per heavy atom. The van der Waals surface area contributed by atoms with Crippen molar-refractivity contribution in [1.82, 2.24) is 10.2 Å². The summed E-state index contributed by atoms with van der Waals surface area (Å²) in [6, 6.07) is 9.39. The molecular formula is C22H30N2O5. The van der Waals surface area contributed by atoms with Gasteiger partial charge in [-0.3, -0.25) is 9.59 Å². The Kier molecular flexibility index (Phi) is 6.77. The van der Waals surface area contributed by atoms with E-state index in [9.17, 15) is 14.4 Å². The maximum atomic E-state index is 12.8. The quantitative estimate of drug-likeness (QED) is 0.766. The van der Waals surface area contributed by atoms with Crippen molar-refractivity contribution in [2.24, 2.45) is 5.92 Å². The summed E-state index contributed by atoms with van der Waals surface area (Å²) >= 11 is 0. The largest absolute Gasteiger partial charge is 0.468 e. The third-order valence-corrected chi connectivity index (χ3v) is 6.13. The minimum Gasteiger partial charge on any atom is -0.468 e. The molecule has 158 valence electrons. The number of esters is 2. The molecular weight excluding hydrogens is 372 g/mol. The minimum absolute atomic E-state index is 0.0398. The van der Waals surface area contributed by atoms with Crippen molar-refractivity contribution >= 4 is 18.0 Å². The van der Waals surface area contributed by atoms with Gasteiger partial charge in [0.15, 0.2) is 0 Å². The number of hydrogen-bond donors (Lipinski definition) is 1. The Hall–Kier alpha value is -2.57. The highest BCUT2D eigenvalue weighted by atomic mass is 16.5. The summed E-state index contributed by atoms with van der Waals surface area (Å²) in [5.74, 6) is -0.517. The van der Waals surface area contributed by atoms with E-state index in [1.165, 1.54) is 7.11 Å². The first-order valence-corrected chi connectivity index (χ1v) is 10.4. The van der Waals surface area contributed by atoms with Crippen LogP contribution in [0.25, 0.3) is 0 Å². The molecule has 7 nitrogen and oxygen atoms in total. The average molecular weight is 402 g/mol. The molecule has 2 fully saturated rings. The van der Waals surface area contributed by atoms with Crippen LogP contribution in [-0.2, 0) is 24.5 Å². The number of methoxy groups -OCH3 is 1. The summed E-state index contributed by atoms with van der Waals surface area (Å²) < 4.78 is 10.2. The molecule has 1 aliphatic heterocycles. The molecule has 1 saturated heterocycles. The fraction of sp³-hybridized carbons (Fsp3) is 0.591. The molecule has 2 aliphatic rings. The summed E-state index contributed by atoms with van der Waals surface area (Å²) in [6.45, 7) is 3.00. The standard InChI is InChI=1S/C22H30N2O5/c1-3-29-19(25)16-9-11-18(12-10-16)23-21(27)24-14-13-22(15-24,20(26)28-2)17-7-5-4-6-8-17/h4-8,16,18H,3,9-15H2,1-2H3,(H,23,27). The first-order chi connectivity index (χ1) is 14.0. The van der Waals surface area contributed by atoms with Crippen LogP contribution in [-0.4, -0.2) is 55.7 Å². The number of ether oxygens (including phenoxy) is 2. The molecule has 1 N–H and O–H groups in total. The second-order valence-corrected chi connectivity index (χ2v) is 7.86. The van der Waals surface area contributed by atoms with Crippen molar-refractivity contribution in [2.75, 3.05) is 26.8 Å². The van der Waals surface area contributed by atoms with E-state index in [2.05, 4.69) is 5.32 Å². The van der Waals surface area contributed by atoms with Gasteiger partial charge in [-0.25, -0.2) is 4.79 Å². The lowest BCUT2D eigenvalue weighted by molar-refractivity contribution is -0.149. The molecule has 0 spiro atoms. The van der Waals surface area contributed by atoms with Gasteiger partial charge >= 0.3 is 18.0 Å². The summed E-state index contributed by atoms with van der Waals surface area (Å²) in [4.78, 5) is 39.0. The zero-order valence-corrected chi connectivity index (χ0v) is 17.2.